The largest absolute Gasteiger partial charge is 0.274 e. The third-order valence-corrected chi connectivity index (χ3v) is 5.25. The lowest BCUT2D eigenvalue weighted by Crippen LogP contribution is -2.33. The van der Waals surface area contributed by atoms with Gasteiger partial charge in [-0.2, -0.15) is 0 Å². The van der Waals surface area contributed by atoms with Crippen LogP contribution in [0, 0.1) is 18.8 Å². The number of nitrogens with one attached hydrogen (secondary N) is 1. The smallest absolute Gasteiger partial charge is 0.256 e. The fraction of sp³-hybridized carbons (Fsp3) is 0.412. The lowest BCUT2D eigenvalue weighted by molar-refractivity contribution is -0.364. The highest BCUT2D eigenvalue weighted by atomic mass is 32.1. The van der Waals surface area contributed by atoms with Crippen molar-refractivity contribution in [2.45, 2.75) is 44.7 Å². The fourth-order valence-electron chi connectivity index (χ4n) is 3.52. The molecule has 4 heteroatoms. The maximum absolute atomic E-state index is 4.36. The van der Waals surface area contributed by atoms with E-state index < -0.39 is 0 Å². The Morgan fingerprint density at radius 1 is 1.19 bits per heavy atom. The molecule has 4 rings (SSSR count). The summed E-state index contributed by atoms with van der Waals surface area (Å²) >= 11 is 1.64. The number of fused-ring (bicyclic) bond motifs is 2. The van der Waals surface area contributed by atoms with Crippen molar-refractivity contribution in [3.8, 4) is 11.8 Å². The van der Waals surface area contributed by atoms with Crippen LogP contribution in [-0.4, -0.2) is 17.1 Å². The molecule has 2 aromatic heterocycles. The Labute approximate surface area is 129 Å². The molecule has 0 atom stereocenters. The average Bonchev–Trinajstić information content (AvgIpc) is 3.21. The van der Waals surface area contributed by atoms with Crippen LogP contribution in [0.2, 0.25) is 0 Å². The molecule has 106 valence electrons. The number of aromatic amines is 1. The summed E-state index contributed by atoms with van der Waals surface area (Å²) in [6, 6.07) is 5.78. The van der Waals surface area contributed by atoms with Crippen LogP contribution in [0.3, 0.4) is 0 Å². The molecule has 21 heavy (non-hydrogen) atoms. The molecule has 4 heterocycles. The molecule has 0 spiro atoms. The summed E-state index contributed by atoms with van der Waals surface area (Å²) in [5, 5.41) is 3.06. The van der Waals surface area contributed by atoms with E-state index >= 15 is 0 Å². The highest BCUT2D eigenvalue weighted by Gasteiger charge is 2.45. The Bertz CT molecular complexity index is 688. The van der Waals surface area contributed by atoms with Crippen molar-refractivity contribution >= 4 is 17.2 Å². The highest BCUT2D eigenvalue weighted by Crippen LogP contribution is 2.39. The Kier molecular flexibility index (Phi) is 3.16. The minimum Gasteiger partial charge on any atom is -0.256 e. The molecule has 1 N–H and O–H groups in total. The first-order valence-electron chi connectivity index (χ1n) is 7.54. The van der Waals surface area contributed by atoms with Crippen molar-refractivity contribution in [3.63, 3.8) is 0 Å². The van der Waals surface area contributed by atoms with Crippen LogP contribution in [0.1, 0.15) is 41.9 Å². The van der Waals surface area contributed by atoms with Gasteiger partial charge in [0.05, 0.1) is 22.7 Å². The molecule has 2 fully saturated rings. The number of hydrogen-bond donors (Lipinski definition) is 0. The molecule has 2 aromatic rings. The van der Waals surface area contributed by atoms with Gasteiger partial charge in [0.25, 0.3) is 5.82 Å². The van der Waals surface area contributed by atoms with Gasteiger partial charge in [0.15, 0.2) is 0 Å². The number of thiazole rings is 1. The maximum Gasteiger partial charge on any atom is 0.274 e. The number of hydrogen-bond acceptors (Lipinski definition) is 3. The van der Waals surface area contributed by atoms with E-state index in [9.17, 15) is 0 Å². The molecule has 2 saturated heterocycles. The second-order valence-corrected chi connectivity index (χ2v) is 6.90. The highest BCUT2D eigenvalue weighted by molar-refractivity contribution is 7.09. The summed E-state index contributed by atoms with van der Waals surface area (Å²) < 4.78 is 0. The first-order chi connectivity index (χ1) is 10.3. The number of H-pyrrole nitrogens is 1. The van der Waals surface area contributed by atoms with Gasteiger partial charge in [-0.3, -0.25) is 4.90 Å². The van der Waals surface area contributed by atoms with Crippen molar-refractivity contribution in [2.24, 2.45) is 0 Å². The van der Waals surface area contributed by atoms with Gasteiger partial charge in [-0.25, -0.2) is 9.97 Å². The summed E-state index contributed by atoms with van der Waals surface area (Å²) in [7, 11) is 0. The fourth-order valence-corrected chi connectivity index (χ4v) is 4.06. The molecule has 0 aromatic carbocycles. The topological polar surface area (TPSA) is 30.3 Å². The van der Waals surface area contributed by atoms with Gasteiger partial charge in [0.2, 0.25) is 0 Å². The van der Waals surface area contributed by atoms with Crippen LogP contribution >= 0.6 is 11.3 Å². The standard InChI is InChI=1S/C17H17N3S/c1-12-19-14(11-21-12)4-2-13-3-9-17(18-10-13)20-15-5-6-16(20)8-7-15/h3,9-11,15-16H,5-8H2,1H3/p+1. The lowest BCUT2D eigenvalue weighted by Gasteiger charge is -2.14. The van der Waals surface area contributed by atoms with E-state index in [-0.39, 0.29) is 0 Å². The zero-order chi connectivity index (χ0) is 14.2. The third-order valence-electron chi connectivity index (χ3n) is 4.48. The molecule has 0 saturated carbocycles. The summed E-state index contributed by atoms with van der Waals surface area (Å²) in [5.41, 5.74) is 1.87. The van der Waals surface area contributed by atoms with Crippen LogP contribution in [0.5, 0.6) is 0 Å². The van der Waals surface area contributed by atoms with Crippen molar-refractivity contribution in [1.82, 2.24) is 4.98 Å². The average molecular weight is 296 g/mol. The summed E-state index contributed by atoms with van der Waals surface area (Å²) in [6.07, 6.45) is 7.41. The van der Waals surface area contributed by atoms with Crippen LogP contribution in [0.25, 0.3) is 0 Å². The molecule has 2 bridgehead atoms. The van der Waals surface area contributed by atoms with E-state index in [1.165, 1.54) is 31.5 Å². The van der Waals surface area contributed by atoms with Crippen molar-refractivity contribution in [3.05, 3.63) is 40.0 Å². The zero-order valence-electron chi connectivity index (χ0n) is 12.1. The molecule has 2 aliphatic rings. The predicted octanol–water partition coefficient (Wildman–Crippen LogP) is 2.80. The third kappa shape index (κ3) is 2.43. The van der Waals surface area contributed by atoms with E-state index in [1.807, 2.05) is 18.5 Å². The Hall–Kier alpha value is -1.86. The van der Waals surface area contributed by atoms with Crippen LogP contribution in [0.4, 0.5) is 5.82 Å². The van der Waals surface area contributed by atoms with Crippen molar-refractivity contribution in [1.29, 1.82) is 0 Å². The first kappa shape index (κ1) is 12.8. The maximum atomic E-state index is 4.36. The molecule has 0 unspecified atom stereocenters. The number of nitrogens with zero attached hydrogens (tertiary/aromatic N) is 2. The zero-order valence-corrected chi connectivity index (χ0v) is 12.9. The second-order valence-electron chi connectivity index (χ2n) is 5.83. The van der Waals surface area contributed by atoms with Gasteiger partial charge in [-0.1, -0.05) is 5.92 Å². The van der Waals surface area contributed by atoms with Gasteiger partial charge >= 0.3 is 0 Å². The second kappa shape index (κ2) is 5.16. The molecule has 3 nitrogen and oxygen atoms in total. The normalized spacial score (nSPS) is 23.2. The summed E-state index contributed by atoms with van der Waals surface area (Å²) in [6.45, 7) is 2.00. The molecule has 0 radical (unpaired) electrons. The van der Waals surface area contributed by atoms with Crippen LogP contribution < -0.4 is 9.88 Å². The number of anilines is 1. The van der Waals surface area contributed by atoms with Gasteiger partial charge < -0.3 is 0 Å². The number of aryl methyl sites for hydroxylation is 1. The summed E-state index contributed by atoms with van der Waals surface area (Å²) in [5.74, 6) is 7.54. The minimum atomic E-state index is 0.751. The molecule has 2 aliphatic heterocycles. The van der Waals surface area contributed by atoms with Crippen LogP contribution in [-0.2, 0) is 0 Å². The van der Waals surface area contributed by atoms with Gasteiger partial charge in [-0.15, -0.1) is 11.3 Å². The van der Waals surface area contributed by atoms with Gasteiger partial charge in [-0.05, 0) is 44.6 Å². The van der Waals surface area contributed by atoms with E-state index in [0.29, 0.717) is 0 Å². The Morgan fingerprint density at radius 3 is 2.52 bits per heavy atom. The molecular formula is C17H18N3S+. The number of aromatic nitrogens is 2. The SMILES string of the molecule is Cc1nc(C#Cc2ccc(N3C4CCC3CC4)[nH+]c2)cs1. The van der Waals surface area contributed by atoms with Gasteiger partial charge in [0, 0.05) is 11.4 Å². The van der Waals surface area contributed by atoms with E-state index in [0.717, 1.165) is 28.3 Å². The van der Waals surface area contributed by atoms with Gasteiger partial charge in [0.1, 0.15) is 11.9 Å². The lowest BCUT2D eigenvalue weighted by atomic mass is 10.0. The minimum absolute atomic E-state index is 0.751. The Morgan fingerprint density at radius 2 is 1.95 bits per heavy atom. The summed E-state index contributed by atoms with van der Waals surface area (Å²) in [4.78, 5) is 10.4. The monoisotopic (exact) mass is 296 g/mol. The number of rotatable bonds is 1. The molecule has 0 amide bonds. The van der Waals surface area contributed by atoms with E-state index in [1.54, 1.807) is 11.3 Å². The van der Waals surface area contributed by atoms with Crippen molar-refractivity contribution in [2.75, 3.05) is 4.90 Å². The van der Waals surface area contributed by atoms with Crippen LogP contribution in [0.15, 0.2) is 23.7 Å². The first-order valence-corrected chi connectivity index (χ1v) is 8.42. The molecular weight excluding hydrogens is 278 g/mol. The van der Waals surface area contributed by atoms with E-state index in [2.05, 4.69) is 38.8 Å². The van der Waals surface area contributed by atoms with Crippen molar-refractivity contribution < 1.29 is 4.98 Å². The number of pyridine rings is 1. The van der Waals surface area contributed by atoms with E-state index in [4.69, 9.17) is 0 Å². The predicted molar refractivity (Wildman–Crippen MR) is 84.4 cm³/mol. The quantitative estimate of drug-likeness (QED) is 0.758. The Balaban J connectivity index is 1.53. The molecule has 0 aliphatic carbocycles.